The number of rotatable bonds is 2. The van der Waals surface area contributed by atoms with Crippen LogP contribution in [0.1, 0.15) is 22.4 Å². The highest BCUT2D eigenvalue weighted by molar-refractivity contribution is 7.11. The van der Waals surface area contributed by atoms with Crippen LogP contribution in [0.15, 0.2) is 41.8 Å². The predicted octanol–water partition coefficient (Wildman–Crippen LogP) is 3.94. The second-order valence-corrected chi connectivity index (χ2v) is 5.22. The highest BCUT2D eigenvalue weighted by Crippen LogP contribution is 2.41. The van der Waals surface area contributed by atoms with Crippen LogP contribution < -0.4 is 0 Å². The van der Waals surface area contributed by atoms with E-state index < -0.39 is 0 Å². The summed E-state index contributed by atoms with van der Waals surface area (Å²) < 4.78 is 0. The molecule has 17 heavy (non-hydrogen) atoms. The average Bonchev–Trinajstić information content (AvgIpc) is 2.73. The van der Waals surface area contributed by atoms with Gasteiger partial charge in [-0.3, -0.25) is 4.79 Å². The standard InChI is InChI=1S/C15H12OS/c1-10-7-14(17-9-10)12-8-13(16)15(12)11-5-3-2-4-6-11/h2-7,9H,8H2,1H3. The number of hydrogen-bond acceptors (Lipinski definition) is 2. The Balaban J connectivity index is 2.10. The van der Waals surface area contributed by atoms with Crippen molar-refractivity contribution < 1.29 is 4.79 Å². The van der Waals surface area contributed by atoms with Crippen molar-refractivity contribution in [2.75, 3.05) is 0 Å². The zero-order chi connectivity index (χ0) is 11.8. The quantitative estimate of drug-likeness (QED) is 0.777. The van der Waals surface area contributed by atoms with Crippen molar-refractivity contribution in [3.05, 3.63) is 57.8 Å². The number of thiophene rings is 1. The molecule has 1 aliphatic rings. The molecule has 0 radical (unpaired) electrons. The highest BCUT2D eigenvalue weighted by Gasteiger charge is 2.29. The van der Waals surface area contributed by atoms with Crippen LogP contribution in [0.3, 0.4) is 0 Å². The Morgan fingerprint density at radius 1 is 1.18 bits per heavy atom. The van der Waals surface area contributed by atoms with Crippen LogP contribution in [0, 0.1) is 6.92 Å². The van der Waals surface area contributed by atoms with E-state index in [9.17, 15) is 4.79 Å². The molecule has 3 rings (SSSR count). The molecular formula is C15H12OS. The van der Waals surface area contributed by atoms with Crippen LogP contribution in [0.25, 0.3) is 11.1 Å². The Morgan fingerprint density at radius 2 is 1.94 bits per heavy atom. The molecule has 0 aliphatic heterocycles. The van der Waals surface area contributed by atoms with Gasteiger partial charge in [-0.15, -0.1) is 11.3 Å². The van der Waals surface area contributed by atoms with Crippen LogP contribution in [-0.4, -0.2) is 5.78 Å². The number of Topliss-reactive ketones (excluding diaryl/α,β-unsaturated/α-hetero) is 1. The summed E-state index contributed by atoms with van der Waals surface area (Å²) in [7, 11) is 0. The molecule has 0 spiro atoms. The topological polar surface area (TPSA) is 17.1 Å². The van der Waals surface area contributed by atoms with E-state index in [0.29, 0.717) is 6.42 Å². The first-order valence-electron chi connectivity index (χ1n) is 5.63. The fourth-order valence-electron chi connectivity index (χ4n) is 2.14. The van der Waals surface area contributed by atoms with Crippen LogP contribution in [-0.2, 0) is 4.79 Å². The minimum atomic E-state index is 0.261. The third kappa shape index (κ3) is 1.75. The second kappa shape index (κ2) is 3.97. The minimum absolute atomic E-state index is 0.261. The van der Waals surface area contributed by atoms with Gasteiger partial charge in [-0.2, -0.15) is 0 Å². The molecule has 0 unspecified atom stereocenters. The number of aryl methyl sites for hydroxylation is 1. The maximum absolute atomic E-state index is 11.8. The number of carbonyl (C=O) groups is 1. The Bertz CT molecular complexity index is 605. The van der Waals surface area contributed by atoms with E-state index in [-0.39, 0.29) is 5.78 Å². The van der Waals surface area contributed by atoms with Crippen LogP contribution in [0.5, 0.6) is 0 Å². The Kier molecular flexibility index (Phi) is 2.45. The summed E-state index contributed by atoms with van der Waals surface area (Å²) in [4.78, 5) is 13.0. The zero-order valence-corrected chi connectivity index (χ0v) is 10.4. The van der Waals surface area contributed by atoms with Crippen molar-refractivity contribution in [1.82, 2.24) is 0 Å². The minimum Gasteiger partial charge on any atom is -0.294 e. The molecule has 0 N–H and O–H groups in total. The molecule has 0 saturated carbocycles. The normalized spacial score (nSPS) is 15.0. The smallest absolute Gasteiger partial charge is 0.168 e. The molecule has 0 atom stereocenters. The molecular weight excluding hydrogens is 228 g/mol. The Morgan fingerprint density at radius 3 is 2.53 bits per heavy atom. The summed E-state index contributed by atoms with van der Waals surface area (Å²) in [5.41, 5.74) is 4.43. The Hall–Kier alpha value is -1.67. The molecule has 2 heteroatoms. The van der Waals surface area contributed by atoms with Gasteiger partial charge in [-0.05, 0) is 35.1 Å². The summed E-state index contributed by atoms with van der Waals surface area (Å²) >= 11 is 1.72. The lowest BCUT2D eigenvalue weighted by molar-refractivity contribution is -0.113. The number of carbonyl (C=O) groups excluding carboxylic acids is 1. The third-order valence-corrected chi connectivity index (χ3v) is 4.12. The van der Waals surface area contributed by atoms with Crippen molar-refractivity contribution in [3.63, 3.8) is 0 Å². The van der Waals surface area contributed by atoms with Gasteiger partial charge in [-0.25, -0.2) is 0 Å². The van der Waals surface area contributed by atoms with Crippen molar-refractivity contribution in [2.45, 2.75) is 13.3 Å². The summed E-state index contributed by atoms with van der Waals surface area (Å²) in [6.07, 6.45) is 0.587. The molecule has 0 saturated heterocycles. The molecule has 0 bridgehead atoms. The molecule has 1 heterocycles. The first kappa shape index (κ1) is 10.5. The van der Waals surface area contributed by atoms with Gasteiger partial charge in [0.15, 0.2) is 5.78 Å². The third-order valence-electron chi connectivity index (χ3n) is 3.01. The highest BCUT2D eigenvalue weighted by atomic mass is 32.1. The lowest BCUT2D eigenvalue weighted by Crippen LogP contribution is -2.15. The number of hydrogen-bond donors (Lipinski definition) is 0. The van der Waals surface area contributed by atoms with E-state index in [1.54, 1.807) is 11.3 Å². The summed E-state index contributed by atoms with van der Waals surface area (Å²) in [5, 5.41) is 2.13. The van der Waals surface area contributed by atoms with E-state index in [1.807, 2.05) is 30.3 Å². The lowest BCUT2D eigenvalue weighted by Gasteiger charge is -2.21. The van der Waals surface area contributed by atoms with Gasteiger partial charge in [0.25, 0.3) is 0 Å². The van der Waals surface area contributed by atoms with Gasteiger partial charge in [0.05, 0.1) is 0 Å². The summed E-state index contributed by atoms with van der Waals surface area (Å²) in [5.74, 6) is 0.261. The molecule has 1 aromatic heterocycles. The zero-order valence-electron chi connectivity index (χ0n) is 9.57. The average molecular weight is 240 g/mol. The molecule has 1 nitrogen and oxygen atoms in total. The van der Waals surface area contributed by atoms with Crippen molar-refractivity contribution >= 4 is 28.3 Å². The van der Waals surface area contributed by atoms with E-state index >= 15 is 0 Å². The molecule has 84 valence electrons. The van der Waals surface area contributed by atoms with Crippen molar-refractivity contribution in [2.24, 2.45) is 0 Å². The fraction of sp³-hybridized carbons (Fsp3) is 0.133. The summed E-state index contributed by atoms with van der Waals surface area (Å²) in [6, 6.07) is 12.1. The lowest BCUT2D eigenvalue weighted by atomic mass is 9.81. The molecule has 1 aromatic carbocycles. The number of benzene rings is 1. The monoisotopic (exact) mass is 240 g/mol. The Labute approximate surface area is 104 Å². The predicted molar refractivity (Wildman–Crippen MR) is 71.9 cm³/mol. The van der Waals surface area contributed by atoms with Crippen molar-refractivity contribution in [1.29, 1.82) is 0 Å². The van der Waals surface area contributed by atoms with Gasteiger partial charge in [0, 0.05) is 16.9 Å². The van der Waals surface area contributed by atoms with Gasteiger partial charge in [-0.1, -0.05) is 30.3 Å². The largest absolute Gasteiger partial charge is 0.294 e. The van der Waals surface area contributed by atoms with Crippen LogP contribution in [0.2, 0.25) is 0 Å². The van der Waals surface area contributed by atoms with Gasteiger partial charge in [0.2, 0.25) is 0 Å². The molecule has 0 amide bonds. The van der Waals surface area contributed by atoms with E-state index in [1.165, 1.54) is 16.0 Å². The maximum Gasteiger partial charge on any atom is 0.168 e. The second-order valence-electron chi connectivity index (χ2n) is 4.31. The van der Waals surface area contributed by atoms with Crippen molar-refractivity contribution in [3.8, 4) is 0 Å². The first-order chi connectivity index (χ1) is 8.25. The van der Waals surface area contributed by atoms with E-state index in [2.05, 4.69) is 18.4 Å². The maximum atomic E-state index is 11.8. The first-order valence-corrected chi connectivity index (χ1v) is 6.51. The van der Waals surface area contributed by atoms with E-state index in [4.69, 9.17) is 0 Å². The van der Waals surface area contributed by atoms with Gasteiger partial charge in [0.1, 0.15) is 0 Å². The van der Waals surface area contributed by atoms with Crippen LogP contribution >= 0.6 is 11.3 Å². The van der Waals surface area contributed by atoms with Crippen LogP contribution in [0.4, 0.5) is 0 Å². The molecule has 0 fully saturated rings. The SMILES string of the molecule is Cc1csc(C2=C(c3ccccc3)C(=O)C2)c1. The van der Waals surface area contributed by atoms with Gasteiger partial charge < -0.3 is 0 Å². The number of allylic oxidation sites excluding steroid dienone is 2. The summed E-state index contributed by atoms with van der Waals surface area (Å²) in [6.45, 7) is 2.09. The molecule has 1 aliphatic carbocycles. The van der Waals surface area contributed by atoms with Gasteiger partial charge >= 0.3 is 0 Å². The molecule has 2 aromatic rings. The fourth-order valence-corrected chi connectivity index (χ4v) is 3.09. The van der Waals surface area contributed by atoms with E-state index in [0.717, 1.165) is 11.1 Å². The number of ketones is 1.